The Morgan fingerprint density at radius 3 is 2.20 bits per heavy atom. The minimum Gasteiger partial charge on any atom is -0.507 e. The Balaban J connectivity index is 1.72. The first-order valence-corrected chi connectivity index (χ1v) is 9.42. The summed E-state index contributed by atoms with van der Waals surface area (Å²) < 4.78 is 10.6. The van der Waals surface area contributed by atoms with Gasteiger partial charge in [0.25, 0.3) is 0 Å². The van der Waals surface area contributed by atoms with Gasteiger partial charge in [-0.1, -0.05) is 30.3 Å². The number of hydrogen-bond acceptors (Lipinski definition) is 9. The second kappa shape index (κ2) is 9.41. The molecule has 162 valence electrons. The SMILES string of the molecule is O=C(CCc1ccccc1)c1c(O)cc(O[C@@H]2O[C@H](CO)[C@@H](O)[C@H](O)[C@H]2O)cc1O. The second-order valence-electron chi connectivity index (χ2n) is 7.06. The van der Waals surface area contributed by atoms with Gasteiger partial charge in [-0.15, -0.1) is 0 Å². The minimum atomic E-state index is -1.65. The van der Waals surface area contributed by atoms with E-state index in [1.165, 1.54) is 0 Å². The first kappa shape index (κ1) is 22.0. The maximum Gasteiger partial charge on any atom is 0.229 e. The molecule has 9 nitrogen and oxygen atoms in total. The summed E-state index contributed by atoms with van der Waals surface area (Å²) in [5.74, 6) is -1.65. The van der Waals surface area contributed by atoms with Gasteiger partial charge in [-0.2, -0.15) is 0 Å². The highest BCUT2D eigenvalue weighted by Crippen LogP contribution is 2.35. The number of aliphatic hydroxyl groups is 4. The zero-order chi connectivity index (χ0) is 21.8. The van der Waals surface area contributed by atoms with Gasteiger partial charge in [-0.3, -0.25) is 4.79 Å². The molecule has 9 heteroatoms. The van der Waals surface area contributed by atoms with Crippen LogP contribution < -0.4 is 4.74 Å². The summed E-state index contributed by atoms with van der Waals surface area (Å²) in [4.78, 5) is 12.5. The third kappa shape index (κ3) is 4.72. The van der Waals surface area contributed by atoms with Crippen molar-refractivity contribution in [3.05, 3.63) is 53.6 Å². The molecule has 0 amide bonds. The molecule has 2 aromatic rings. The lowest BCUT2D eigenvalue weighted by atomic mass is 9.99. The largest absolute Gasteiger partial charge is 0.507 e. The molecular weight excluding hydrogens is 396 g/mol. The van der Waals surface area contributed by atoms with Crippen molar-refractivity contribution in [2.75, 3.05) is 6.61 Å². The molecule has 0 aromatic heterocycles. The lowest BCUT2D eigenvalue weighted by Crippen LogP contribution is -2.60. The number of Topliss-reactive ketones (excluding diaryl/α,β-unsaturated/α-hetero) is 1. The van der Waals surface area contributed by atoms with Crippen molar-refractivity contribution in [2.45, 2.75) is 43.5 Å². The lowest BCUT2D eigenvalue weighted by molar-refractivity contribution is -0.277. The van der Waals surface area contributed by atoms with Crippen molar-refractivity contribution in [3.8, 4) is 17.2 Å². The third-order valence-corrected chi connectivity index (χ3v) is 4.93. The number of rotatable bonds is 7. The molecule has 1 saturated heterocycles. The number of phenolic OH excluding ortho intramolecular Hbond substituents is 2. The molecule has 1 aliphatic heterocycles. The Hall–Kier alpha value is -2.69. The highest BCUT2D eigenvalue weighted by molar-refractivity contribution is 6.01. The highest BCUT2D eigenvalue weighted by atomic mass is 16.7. The van der Waals surface area contributed by atoms with E-state index in [-0.39, 0.29) is 17.7 Å². The highest BCUT2D eigenvalue weighted by Gasteiger charge is 2.44. The molecule has 5 atom stereocenters. The van der Waals surface area contributed by atoms with Gasteiger partial charge in [0.15, 0.2) is 5.78 Å². The summed E-state index contributed by atoms with van der Waals surface area (Å²) in [6.07, 6.45) is -6.99. The molecule has 0 spiro atoms. The Kier molecular flexibility index (Phi) is 6.91. The molecule has 0 aliphatic carbocycles. The molecule has 30 heavy (non-hydrogen) atoms. The van der Waals surface area contributed by atoms with Crippen LogP contribution in [0.5, 0.6) is 17.2 Å². The summed E-state index contributed by atoms with van der Waals surface area (Å²) in [5, 5.41) is 59.3. The first-order chi connectivity index (χ1) is 14.3. The van der Waals surface area contributed by atoms with Crippen LogP contribution in [0.15, 0.2) is 42.5 Å². The zero-order valence-corrected chi connectivity index (χ0v) is 16.0. The normalized spacial score (nSPS) is 26.3. The van der Waals surface area contributed by atoms with Crippen LogP contribution in [-0.4, -0.2) is 73.7 Å². The molecular formula is C21H24O9. The first-order valence-electron chi connectivity index (χ1n) is 9.42. The molecule has 0 bridgehead atoms. The van der Waals surface area contributed by atoms with E-state index >= 15 is 0 Å². The molecule has 6 N–H and O–H groups in total. The topological polar surface area (TPSA) is 157 Å². The second-order valence-corrected chi connectivity index (χ2v) is 7.06. The van der Waals surface area contributed by atoms with Crippen molar-refractivity contribution in [2.24, 2.45) is 0 Å². The van der Waals surface area contributed by atoms with Crippen LogP contribution in [0, 0.1) is 0 Å². The standard InChI is InChI=1S/C21H24O9/c22-10-16-18(26)19(27)20(28)21(30-16)29-12-8-14(24)17(15(25)9-12)13(23)7-6-11-4-2-1-3-5-11/h1-5,8-9,16,18-22,24-28H,6-7,10H2/t16-,18-,19+,20-,21-/m1/s1. The number of benzene rings is 2. The molecule has 0 saturated carbocycles. The van der Waals surface area contributed by atoms with Crippen LogP contribution in [0.25, 0.3) is 0 Å². The molecule has 1 fully saturated rings. The molecule has 3 rings (SSSR count). The number of carbonyl (C=O) groups excluding carboxylic acids is 1. The van der Waals surface area contributed by atoms with Crippen molar-refractivity contribution < 1.29 is 44.9 Å². The van der Waals surface area contributed by atoms with Gasteiger partial charge in [0.1, 0.15) is 47.2 Å². The summed E-state index contributed by atoms with van der Waals surface area (Å²) in [5.41, 5.74) is 0.680. The third-order valence-electron chi connectivity index (χ3n) is 4.93. The molecule has 0 unspecified atom stereocenters. The predicted octanol–water partition coefficient (Wildman–Crippen LogP) is 0.0920. The van der Waals surface area contributed by atoms with Gasteiger partial charge in [0.05, 0.1) is 6.61 Å². The number of aliphatic hydroxyl groups excluding tert-OH is 4. The van der Waals surface area contributed by atoms with Crippen LogP contribution >= 0.6 is 0 Å². The minimum absolute atomic E-state index is 0.0675. The zero-order valence-electron chi connectivity index (χ0n) is 16.0. The van der Waals surface area contributed by atoms with Crippen molar-refractivity contribution >= 4 is 5.78 Å². The summed E-state index contributed by atoms with van der Waals surface area (Å²) in [6, 6.07) is 11.4. The van der Waals surface area contributed by atoms with Gasteiger partial charge in [-0.05, 0) is 12.0 Å². The fraction of sp³-hybridized carbons (Fsp3) is 0.381. The fourth-order valence-electron chi connectivity index (χ4n) is 3.27. The van der Waals surface area contributed by atoms with E-state index in [0.717, 1.165) is 17.7 Å². The molecule has 1 aliphatic rings. The smallest absolute Gasteiger partial charge is 0.229 e. The van der Waals surface area contributed by atoms with E-state index in [9.17, 15) is 35.4 Å². The van der Waals surface area contributed by atoms with E-state index in [1.54, 1.807) is 0 Å². The Bertz CT molecular complexity index is 845. The van der Waals surface area contributed by atoms with Crippen LogP contribution in [0.2, 0.25) is 0 Å². The number of phenols is 2. The summed E-state index contributed by atoms with van der Waals surface area (Å²) >= 11 is 0. The summed E-state index contributed by atoms with van der Waals surface area (Å²) in [7, 11) is 0. The fourth-order valence-corrected chi connectivity index (χ4v) is 3.27. The van der Waals surface area contributed by atoms with Crippen LogP contribution in [0.4, 0.5) is 0 Å². The summed E-state index contributed by atoms with van der Waals surface area (Å²) in [6.45, 7) is -0.629. The number of aryl methyl sites for hydroxylation is 1. The maximum atomic E-state index is 12.5. The van der Waals surface area contributed by atoms with E-state index < -0.39 is 54.6 Å². The number of ketones is 1. The number of ether oxygens (including phenoxy) is 2. The van der Waals surface area contributed by atoms with Crippen molar-refractivity contribution in [3.63, 3.8) is 0 Å². The van der Waals surface area contributed by atoms with E-state index in [0.29, 0.717) is 6.42 Å². The van der Waals surface area contributed by atoms with Crippen LogP contribution in [-0.2, 0) is 11.2 Å². The monoisotopic (exact) mass is 420 g/mol. The molecule has 2 aromatic carbocycles. The molecule has 1 heterocycles. The maximum absolute atomic E-state index is 12.5. The van der Waals surface area contributed by atoms with Crippen molar-refractivity contribution in [1.29, 1.82) is 0 Å². The Morgan fingerprint density at radius 1 is 0.967 bits per heavy atom. The number of aromatic hydroxyl groups is 2. The van der Waals surface area contributed by atoms with Gasteiger partial charge in [0, 0.05) is 18.6 Å². The van der Waals surface area contributed by atoms with Gasteiger partial charge in [-0.25, -0.2) is 0 Å². The van der Waals surface area contributed by atoms with E-state index in [2.05, 4.69) is 0 Å². The quantitative estimate of drug-likeness (QED) is 0.342. The van der Waals surface area contributed by atoms with Crippen LogP contribution in [0.1, 0.15) is 22.3 Å². The number of hydrogen-bond donors (Lipinski definition) is 6. The Labute approximate surface area is 172 Å². The van der Waals surface area contributed by atoms with Gasteiger partial charge < -0.3 is 40.1 Å². The molecule has 0 radical (unpaired) electrons. The average molecular weight is 420 g/mol. The number of carbonyl (C=O) groups is 1. The Morgan fingerprint density at radius 2 is 1.60 bits per heavy atom. The lowest BCUT2D eigenvalue weighted by Gasteiger charge is -2.39. The van der Waals surface area contributed by atoms with Crippen molar-refractivity contribution in [1.82, 2.24) is 0 Å². The van der Waals surface area contributed by atoms with E-state index in [1.807, 2.05) is 30.3 Å². The predicted molar refractivity (Wildman–Crippen MR) is 103 cm³/mol. The van der Waals surface area contributed by atoms with Gasteiger partial charge in [0.2, 0.25) is 6.29 Å². The van der Waals surface area contributed by atoms with Crippen LogP contribution in [0.3, 0.4) is 0 Å². The van der Waals surface area contributed by atoms with E-state index in [4.69, 9.17) is 9.47 Å². The van der Waals surface area contributed by atoms with Gasteiger partial charge >= 0.3 is 0 Å². The average Bonchev–Trinajstić information content (AvgIpc) is 2.73.